The Balaban J connectivity index is 1.16. The fraction of sp³-hybridized carbons (Fsp3) is 0.209. The number of anilines is 2. The number of ether oxygens (including phenoxy) is 1. The van der Waals surface area contributed by atoms with Crippen molar-refractivity contribution < 1.29 is 19.1 Å². The molecule has 0 spiro atoms. The van der Waals surface area contributed by atoms with Crippen LogP contribution in [0.3, 0.4) is 0 Å². The molecule has 0 saturated carbocycles. The third-order valence-electron chi connectivity index (χ3n) is 8.95. The number of benzene rings is 5. The molecule has 0 fully saturated rings. The largest absolute Gasteiger partial charge is 0.491 e. The smallest absolute Gasteiger partial charge is 0.326 e. The van der Waals surface area contributed by atoms with Crippen LogP contribution in [0.2, 0.25) is 0 Å². The number of para-hydroxylation sites is 3. The van der Waals surface area contributed by atoms with Crippen molar-refractivity contribution in [2.24, 2.45) is 4.99 Å². The zero-order valence-electron chi connectivity index (χ0n) is 30.6. The van der Waals surface area contributed by atoms with Crippen LogP contribution >= 0.6 is 0 Å². The maximum atomic E-state index is 13.8. The highest BCUT2D eigenvalue weighted by Gasteiger charge is 2.28. The minimum Gasteiger partial charge on any atom is -0.491 e. The van der Waals surface area contributed by atoms with E-state index in [4.69, 9.17) is 9.73 Å². The molecule has 0 radical (unpaired) electrons. The number of guanidine groups is 1. The molecule has 11 heteroatoms. The SMILES string of the molecule is CNN(C(=O)CN1Cc2cccc(OCCCC(=O)N(Cc3ccccc3)Cc3ccccc3)c2N=C1NC(=O)Nc1ccccc1)c1ccccc1C. The summed E-state index contributed by atoms with van der Waals surface area (Å²) in [6.07, 6.45) is 0.805. The summed E-state index contributed by atoms with van der Waals surface area (Å²) in [6.45, 7) is 3.47. The quantitative estimate of drug-likeness (QED) is 0.0826. The average Bonchev–Trinajstić information content (AvgIpc) is 3.18. The minimum absolute atomic E-state index is 0.0388. The minimum atomic E-state index is -0.502. The predicted molar refractivity (Wildman–Crippen MR) is 212 cm³/mol. The van der Waals surface area contributed by atoms with Gasteiger partial charge in [0.05, 0.1) is 12.3 Å². The first-order valence-corrected chi connectivity index (χ1v) is 18.0. The lowest BCUT2D eigenvalue weighted by atomic mass is 10.1. The number of carbonyl (C=O) groups is 3. The van der Waals surface area contributed by atoms with Crippen molar-refractivity contribution in [3.05, 3.63) is 156 Å². The van der Waals surface area contributed by atoms with E-state index < -0.39 is 6.03 Å². The van der Waals surface area contributed by atoms with E-state index in [9.17, 15) is 14.4 Å². The molecule has 0 aliphatic carbocycles. The Bertz CT molecular complexity index is 2020. The first kappa shape index (κ1) is 37.3. The third kappa shape index (κ3) is 9.90. The highest BCUT2D eigenvalue weighted by Crippen LogP contribution is 2.36. The zero-order chi connectivity index (χ0) is 37.7. The lowest BCUT2D eigenvalue weighted by Gasteiger charge is -2.32. The van der Waals surface area contributed by atoms with E-state index in [2.05, 4.69) is 16.1 Å². The van der Waals surface area contributed by atoms with E-state index >= 15 is 0 Å². The lowest BCUT2D eigenvalue weighted by Crippen LogP contribution is -2.52. The second-order valence-electron chi connectivity index (χ2n) is 12.9. The van der Waals surface area contributed by atoms with Crippen LogP contribution in [-0.4, -0.2) is 53.8 Å². The normalized spacial score (nSPS) is 11.9. The Hall–Kier alpha value is -6.46. The number of urea groups is 1. The van der Waals surface area contributed by atoms with Gasteiger partial charge in [-0.2, -0.15) is 0 Å². The molecule has 4 amide bonds. The van der Waals surface area contributed by atoms with Crippen LogP contribution < -0.4 is 25.8 Å². The fourth-order valence-electron chi connectivity index (χ4n) is 6.25. The maximum Gasteiger partial charge on any atom is 0.326 e. The third-order valence-corrected chi connectivity index (χ3v) is 8.95. The molecule has 0 atom stereocenters. The molecule has 0 saturated heterocycles. The van der Waals surface area contributed by atoms with Gasteiger partial charge in [-0.3, -0.25) is 14.9 Å². The molecular weight excluding hydrogens is 679 g/mol. The van der Waals surface area contributed by atoms with Crippen LogP contribution in [0, 0.1) is 6.92 Å². The molecule has 1 aliphatic rings. The number of hydrogen-bond donors (Lipinski definition) is 3. The van der Waals surface area contributed by atoms with Crippen molar-refractivity contribution in [2.75, 3.05) is 30.5 Å². The monoisotopic (exact) mass is 723 g/mol. The molecule has 5 aromatic rings. The number of hydrazine groups is 1. The van der Waals surface area contributed by atoms with Gasteiger partial charge in [0.2, 0.25) is 11.9 Å². The topological polar surface area (TPSA) is 119 Å². The van der Waals surface area contributed by atoms with Gasteiger partial charge < -0.3 is 19.9 Å². The van der Waals surface area contributed by atoms with Crippen LogP contribution in [0.5, 0.6) is 5.75 Å². The first-order chi connectivity index (χ1) is 26.4. The van der Waals surface area contributed by atoms with Gasteiger partial charge in [0.1, 0.15) is 18.0 Å². The van der Waals surface area contributed by atoms with Gasteiger partial charge in [-0.25, -0.2) is 20.2 Å². The molecule has 54 heavy (non-hydrogen) atoms. The summed E-state index contributed by atoms with van der Waals surface area (Å²) in [4.78, 5) is 49.0. The number of aliphatic imine (C=N–C) groups is 1. The number of amides is 4. The molecule has 6 rings (SSSR count). The average molecular weight is 724 g/mol. The summed E-state index contributed by atoms with van der Waals surface area (Å²) < 4.78 is 6.25. The lowest BCUT2D eigenvalue weighted by molar-refractivity contribution is -0.132. The van der Waals surface area contributed by atoms with Crippen molar-refractivity contribution in [3.63, 3.8) is 0 Å². The molecule has 276 valence electrons. The number of nitrogens with zero attached hydrogens (tertiary/aromatic N) is 4. The molecule has 3 N–H and O–H groups in total. The Labute approximate surface area is 316 Å². The number of nitrogens with one attached hydrogen (secondary N) is 3. The first-order valence-electron chi connectivity index (χ1n) is 18.0. The van der Waals surface area contributed by atoms with Crippen molar-refractivity contribution in [2.45, 2.75) is 39.4 Å². The van der Waals surface area contributed by atoms with E-state index in [1.54, 1.807) is 24.1 Å². The summed E-state index contributed by atoms with van der Waals surface area (Å²) in [5.74, 6) is 0.528. The van der Waals surface area contributed by atoms with E-state index in [0.29, 0.717) is 49.6 Å². The van der Waals surface area contributed by atoms with Crippen molar-refractivity contribution in [1.29, 1.82) is 0 Å². The van der Waals surface area contributed by atoms with E-state index in [1.807, 2.05) is 133 Å². The van der Waals surface area contributed by atoms with E-state index in [1.165, 1.54) is 5.01 Å². The Morgan fingerprint density at radius 3 is 2.02 bits per heavy atom. The van der Waals surface area contributed by atoms with Crippen LogP contribution in [0.1, 0.15) is 35.1 Å². The Morgan fingerprint density at radius 1 is 0.741 bits per heavy atom. The summed E-state index contributed by atoms with van der Waals surface area (Å²) in [5, 5.41) is 7.19. The van der Waals surface area contributed by atoms with Crippen LogP contribution in [0.15, 0.2) is 138 Å². The van der Waals surface area contributed by atoms with E-state index in [-0.39, 0.29) is 30.9 Å². The number of carbonyl (C=O) groups excluding carboxylic acids is 3. The van der Waals surface area contributed by atoms with Crippen molar-refractivity contribution >= 4 is 40.9 Å². The molecule has 0 aromatic heterocycles. The molecule has 5 aromatic carbocycles. The van der Waals surface area contributed by atoms with Crippen molar-refractivity contribution in [1.82, 2.24) is 20.5 Å². The van der Waals surface area contributed by atoms with Gasteiger partial charge >= 0.3 is 6.03 Å². The number of aryl methyl sites for hydroxylation is 1. The van der Waals surface area contributed by atoms with Gasteiger partial charge in [-0.05, 0) is 54.3 Å². The van der Waals surface area contributed by atoms with Crippen LogP contribution in [0.25, 0.3) is 0 Å². The summed E-state index contributed by atoms with van der Waals surface area (Å²) in [5.41, 5.74) is 8.80. The molecule has 1 aliphatic heterocycles. The molecule has 0 bridgehead atoms. The Morgan fingerprint density at radius 2 is 1.37 bits per heavy atom. The summed E-state index contributed by atoms with van der Waals surface area (Å²) >= 11 is 0. The summed E-state index contributed by atoms with van der Waals surface area (Å²) in [7, 11) is 1.69. The van der Waals surface area contributed by atoms with Gasteiger partial charge in [-0.1, -0.05) is 109 Å². The highest BCUT2D eigenvalue weighted by atomic mass is 16.5. The molecule has 11 nitrogen and oxygen atoms in total. The zero-order valence-corrected chi connectivity index (χ0v) is 30.6. The number of rotatable bonds is 14. The molecule has 0 unspecified atom stereocenters. The van der Waals surface area contributed by atoms with Gasteiger partial charge in [0.15, 0.2) is 0 Å². The Kier molecular flexibility index (Phi) is 12.7. The van der Waals surface area contributed by atoms with Gasteiger partial charge in [-0.15, -0.1) is 0 Å². The van der Waals surface area contributed by atoms with Gasteiger partial charge in [0.25, 0.3) is 5.91 Å². The maximum absolute atomic E-state index is 13.8. The van der Waals surface area contributed by atoms with E-state index in [0.717, 1.165) is 27.9 Å². The second-order valence-corrected chi connectivity index (χ2v) is 12.9. The standard InChI is InChI=1S/C43H45N7O4/c1-32-16-12-13-24-37(32)50(44-2)40(52)31-49-30-35-21-14-25-38(41(35)46-42(49)47-43(53)45-36-22-10-5-11-23-36)54-27-15-26-39(51)48(28-33-17-6-3-7-18-33)29-34-19-8-4-9-20-34/h3-14,16-25,44H,15,26-31H2,1-2H3,(H2,45,46,47,53). The number of fused-ring (bicyclic) bond motifs is 1. The predicted octanol–water partition coefficient (Wildman–Crippen LogP) is 7.18. The van der Waals surface area contributed by atoms with Gasteiger partial charge in [0, 0.05) is 44.4 Å². The van der Waals surface area contributed by atoms with Crippen LogP contribution in [0.4, 0.5) is 21.9 Å². The molecule has 1 heterocycles. The molecular formula is C43H45N7O4. The van der Waals surface area contributed by atoms with Crippen molar-refractivity contribution in [3.8, 4) is 5.75 Å². The number of hydrogen-bond acceptors (Lipinski definition) is 7. The summed E-state index contributed by atoms with van der Waals surface area (Å²) in [6, 6.07) is 41.8. The fourth-order valence-corrected chi connectivity index (χ4v) is 6.25. The second kappa shape index (κ2) is 18.3. The van der Waals surface area contributed by atoms with Crippen LogP contribution in [-0.2, 0) is 29.2 Å². The highest BCUT2D eigenvalue weighted by molar-refractivity contribution is 6.05.